The summed E-state index contributed by atoms with van der Waals surface area (Å²) in [5.74, 6) is 0. The Bertz CT molecular complexity index is 260. The fourth-order valence-electron chi connectivity index (χ4n) is 0.681. The number of benzene rings is 1. The number of nitroso groups, excluding NO2 is 1. The van der Waals surface area contributed by atoms with Gasteiger partial charge in [0.25, 0.3) is 0 Å². The van der Waals surface area contributed by atoms with E-state index in [4.69, 9.17) is 0 Å². The van der Waals surface area contributed by atoms with Crippen LogP contribution in [0.2, 0.25) is 0 Å². The molecule has 0 aliphatic rings. The van der Waals surface area contributed by atoms with Crippen LogP contribution in [-0.4, -0.2) is 0 Å². The molecule has 10 heavy (non-hydrogen) atoms. The molecule has 0 bridgehead atoms. The van der Waals surface area contributed by atoms with Gasteiger partial charge in [-0.2, -0.15) is 0 Å². The van der Waals surface area contributed by atoms with Crippen LogP contribution in [0.4, 0.5) is 5.69 Å². The maximum absolute atomic E-state index is 10.1. The zero-order valence-electron chi connectivity index (χ0n) is 5.47. The third kappa shape index (κ3) is 1.53. The quantitative estimate of drug-likeness (QED) is 0.554. The lowest BCUT2D eigenvalue weighted by atomic mass is 10.2. The molecule has 1 aromatic carbocycles. The van der Waals surface area contributed by atoms with Gasteiger partial charge in [0, 0.05) is 3.57 Å². The molecule has 0 N–H and O–H groups in total. The minimum Gasteiger partial charge on any atom is -0.145 e. The van der Waals surface area contributed by atoms with E-state index >= 15 is 0 Å². The van der Waals surface area contributed by atoms with Crippen LogP contribution in [0.1, 0.15) is 5.56 Å². The molecule has 0 spiro atoms. The molecule has 3 heteroatoms. The average Bonchev–Trinajstić information content (AvgIpc) is 1.94. The van der Waals surface area contributed by atoms with Crippen LogP contribution in [0.15, 0.2) is 23.4 Å². The molecule has 0 saturated carbocycles. The minimum absolute atomic E-state index is 0.534. The summed E-state index contributed by atoms with van der Waals surface area (Å²) in [6.45, 7) is 1.87. The van der Waals surface area contributed by atoms with Crippen LogP contribution in [-0.2, 0) is 0 Å². The van der Waals surface area contributed by atoms with Crippen molar-refractivity contribution in [2.24, 2.45) is 5.18 Å². The summed E-state index contributed by atoms with van der Waals surface area (Å²) in [4.78, 5) is 10.1. The van der Waals surface area contributed by atoms with Gasteiger partial charge in [0.05, 0.1) is 0 Å². The summed E-state index contributed by atoms with van der Waals surface area (Å²) in [5, 5.41) is 2.88. The van der Waals surface area contributed by atoms with Gasteiger partial charge in [-0.1, -0.05) is 6.07 Å². The summed E-state index contributed by atoms with van der Waals surface area (Å²) in [5.41, 5.74) is 1.46. The molecule has 0 unspecified atom stereocenters. The van der Waals surface area contributed by atoms with Gasteiger partial charge >= 0.3 is 0 Å². The third-order valence-electron chi connectivity index (χ3n) is 1.27. The van der Waals surface area contributed by atoms with Gasteiger partial charge in [-0.3, -0.25) is 0 Å². The van der Waals surface area contributed by atoms with E-state index in [0.717, 1.165) is 9.13 Å². The maximum Gasteiger partial charge on any atom is 0.111 e. The van der Waals surface area contributed by atoms with Crippen molar-refractivity contribution in [1.82, 2.24) is 0 Å². The Kier molecular flexibility index (Phi) is 2.37. The molecule has 0 heterocycles. The molecule has 0 fully saturated rings. The Morgan fingerprint density at radius 2 is 2.20 bits per heavy atom. The van der Waals surface area contributed by atoms with Gasteiger partial charge in [-0.15, -0.1) is 4.91 Å². The molecule has 1 aromatic rings. The zero-order chi connectivity index (χ0) is 7.56. The van der Waals surface area contributed by atoms with Crippen LogP contribution >= 0.6 is 22.6 Å². The van der Waals surface area contributed by atoms with Gasteiger partial charge in [-0.25, -0.2) is 0 Å². The second-order valence-electron chi connectivity index (χ2n) is 2.02. The summed E-state index contributed by atoms with van der Waals surface area (Å²) in [7, 11) is 0. The van der Waals surface area contributed by atoms with Gasteiger partial charge < -0.3 is 0 Å². The zero-order valence-corrected chi connectivity index (χ0v) is 7.62. The highest BCUT2D eigenvalue weighted by Crippen LogP contribution is 2.20. The Hall–Kier alpha value is -0.450. The topological polar surface area (TPSA) is 29.4 Å². The van der Waals surface area contributed by atoms with Crippen molar-refractivity contribution in [1.29, 1.82) is 0 Å². The fraction of sp³-hybridized carbons (Fsp3) is 0.143. The number of hydrogen-bond donors (Lipinski definition) is 0. The fourth-order valence-corrected chi connectivity index (χ4v) is 1.16. The molecule has 0 saturated heterocycles. The van der Waals surface area contributed by atoms with E-state index in [2.05, 4.69) is 27.8 Å². The normalized spacial score (nSPS) is 9.40. The van der Waals surface area contributed by atoms with Crippen molar-refractivity contribution in [3.8, 4) is 0 Å². The molecule has 1 rings (SSSR count). The van der Waals surface area contributed by atoms with E-state index in [1.54, 1.807) is 6.07 Å². The predicted octanol–water partition coefficient (Wildman–Crippen LogP) is 3.00. The molecule has 0 radical (unpaired) electrons. The standard InChI is InChI=1S/C7H6INO/c1-5-2-3-6(8)4-7(5)9-10/h2-4H,1H3. The highest BCUT2D eigenvalue weighted by Gasteiger charge is 1.96. The van der Waals surface area contributed by atoms with E-state index in [1.807, 2.05) is 19.1 Å². The molecule has 0 aromatic heterocycles. The van der Waals surface area contributed by atoms with Crippen LogP contribution < -0.4 is 0 Å². The highest BCUT2D eigenvalue weighted by atomic mass is 127. The molecule has 0 aliphatic heterocycles. The summed E-state index contributed by atoms with van der Waals surface area (Å²) >= 11 is 2.15. The number of rotatable bonds is 1. The van der Waals surface area contributed by atoms with Crippen molar-refractivity contribution in [2.75, 3.05) is 0 Å². The monoisotopic (exact) mass is 247 g/mol. The first-order chi connectivity index (χ1) is 4.74. The highest BCUT2D eigenvalue weighted by molar-refractivity contribution is 14.1. The van der Waals surface area contributed by atoms with Crippen molar-refractivity contribution < 1.29 is 0 Å². The first kappa shape index (κ1) is 7.65. The molecule has 2 nitrogen and oxygen atoms in total. The Balaban J connectivity index is 3.21. The van der Waals surface area contributed by atoms with Gasteiger partial charge in [0.1, 0.15) is 5.69 Å². The molecule has 0 amide bonds. The number of nitrogens with zero attached hydrogens (tertiary/aromatic N) is 1. The minimum atomic E-state index is 0.534. The number of halogens is 1. The van der Waals surface area contributed by atoms with Crippen LogP contribution in [0, 0.1) is 15.4 Å². The maximum atomic E-state index is 10.1. The Morgan fingerprint density at radius 3 is 2.70 bits per heavy atom. The van der Waals surface area contributed by atoms with E-state index < -0.39 is 0 Å². The molecule has 0 atom stereocenters. The van der Waals surface area contributed by atoms with Crippen molar-refractivity contribution in [3.63, 3.8) is 0 Å². The van der Waals surface area contributed by atoms with Crippen molar-refractivity contribution in [3.05, 3.63) is 32.2 Å². The number of aryl methyl sites for hydroxylation is 1. The lowest BCUT2D eigenvalue weighted by Crippen LogP contribution is -1.74. The van der Waals surface area contributed by atoms with Crippen molar-refractivity contribution in [2.45, 2.75) is 6.92 Å². The van der Waals surface area contributed by atoms with E-state index in [-0.39, 0.29) is 0 Å². The summed E-state index contributed by atoms with van der Waals surface area (Å²) in [6.07, 6.45) is 0. The summed E-state index contributed by atoms with van der Waals surface area (Å²) in [6, 6.07) is 5.60. The number of hydrogen-bond acceptors (Lipinski definition) is 2. The first-order valence-electron chi connectivity index (χ1n) is 2.83. The molecular formula is C7H6INO. The molecule has 0 aliphatic carbocycles. The average molecular weight is 247 g/mol. The largest absolute Gasteiger partial charge is 0.145 e. The lowest BCUT2D eigenvalue weighted by molar-refractivity contribution is 1.37. The Labute approximate surface area is 72.8 Å². The van der Waals surface area contributed by atoms with Crippen LogP contribution in [0.5, 0.6) is 0 Å². The van der Waals surface area contributed by atoms with Gasteiger partial charge in [0.2, 0.25) is 0 Å². The molecular weight excluding hydrogens is 241 g/mol. The second kappa shape index (κ2) is 3.09. The molecule has 52 valence electrons. The van der Waals surface area contributed by atoms with E-state index in [0.29, 0.717) is 5.69 Å². The van der Waals surface area contributed by atoms with Crippen LogP contribution in [0.25, 0.3) is 0 Å². The van der Waals surface area contributed by atoms with Gasteiger partial charge in [-0.05, 0) is 52.4 Å². The van der Waals surface area contributed by atoms with E-state index in [1.165, 1.54) is 0 Å². The third-order valence-corrected chi connectivity index (χ3v) is 1.94. The van der Waals surface area contributed by atoms with Gasteiger partial charge in [0.15, 0.2) is 0 Å². The summed E-state index contributed by atoms with van der Waals surface area (Å²) < 4.78 is 1.04. The SMILES string of the molecule is Cc1ccc(I)cc1N=O. The smallest absolute Gasteiger partial charge is 0.111 e. The first-order valence-corrected chi connectivity index (χ1v) is 3.91. The van der Waals surface area contributed by atoms with Crippen LogP contribution in [0.3, 0.4) is 0 Å². The Morgan fingerprint density at radius 1 is 1.50 bits per heavy atom. The predicted molar refractivity (Wildman–Crippen MR) is 49.4 cm³/mol. The lowest BCUT2D eigenvalue weighted by Gasteiger charge is -1.94. The van der Waals surface area contributed by atoms with Crippen molar-refractivity contribution >= 4 is 28.3 Å². The second-order valence-corrected chi connectivity index (χ2v) is 3.27. The van der Waals surface area contributed by atoms with E-state index in [9.17, 15) is 4.91 Å².